The number of anilines is 1. The minimum Gasteiger partial charge on any atom is -0.322 e. The van der Waals surface area contributed by atoms with Gasteiger partial charge in [-0.15, -0.1) is 0 Å². The van der Waals surface area contributed by atoms with Gasteiger partial charge in [0.1, 0.15) is 0 Å². The van der Waals surface area contributed by atoms with Crippen LogP contribution in [0.2, 0.25) is 0 Å². The van der Waals surface area contributed by atoms with E-state index in [1.54, 1.807) is 24.3 Å². The second kappa shape index (κ2) is 6.77. The smallest absolute Gasteiger partial charge is 0.260 e. The molecule has 1 aromatic heterocycles. The first kappa shape index (κ1) is 15.6. The number of rotatable bonds is 4. The zero-order valence-corrected chi connectivity index (χ0v) is 12.5. The van der Waals surface area contributed by atoms with Crippen molar-refractivity contribution in [3.8, 4) is 0 Å². The maximum atomic E-state index is 12.2. The Labute approximate surface area is 131 Å². The van der Waals surface area contributed by atoms with Gasteiger partial charge in [0, 0.05) is 24.2 Å². The Morgan fingerprint density at radius 2 is 1.91 bits per heavy atom. The van der Waals surface area contributed by atoms with Gasteiger partial charge in [-0.25, -0.2) is 0 Å². The first-order valence-electron chi connectivity index (χ1n) is 6.38. The number of nitrogens with zero attached hydrogens (tertiary/aromatic N) is 1. The van der Waals surface area contributed by atoms with Crippen molar-refractivity contribution in [1.29, 1.82) is 0 Å². The van der Waals surface area contributed by atoms with Gasteiger partial charge in [-0.05, 0) is 31.3 Å². The van der Waals surface area contributed by atoms with Crippen molar-refractivity contribution in [2.45, 2.75) is 6.92 Å². The molecule has 2 aromatic rings. The molecule has 0 spiro atoms. The van der Waals surface area contributed by atoms with E-state index >= 15 is 0 Å². The molecule has 0 aliphatic carbocycles. The summed E-state index contributed by atoms with van der Waals surface area (Å²) in [7, 11) is 0. The number of nitrogens with one attached hydrogen (secondary N) is 2. The SMILES string of the molecule is CC(=O)C(=Cn1ccc(=O)[nH]c1=S)C(=O)Nc1ccccc1. The van der Waals surface area contributed by atoms with Gasteiger partial charge < -0.3 is 5.32 Å². The molecule has 0 saturated heterocycles. The Kier molecular flexibility index (Phi) is 4.80. The van der Waals surface area contributed by atoms with Gasteiger partial charge in [-0.3, -0.25) is 23.9 Å². The van der Waals surface area contributed by atoms with Crippen LogP contribution in [-0.4, -0.2) is 21.2 Å². The van der Waals surface area contributed by atoms with Gasteiger partial charge >= 0.3 is 0 Å². The molecule has 1 heterocycles. The van der Waals surface area contributed by atoms with Crippen molar-refractivity contribution < 1.29 is 9.59 Å². The number of aromatic nitrogens is 2. The number of hydrogen-bond donors (Lipinski definition) is 2. The Morgan fingerprint density at radius 1 is 1.23 bits per heavy atom. The van der Waals surface area contributed by atoms with Gasteiger partial charge in [-0.2, -0.15) is 0 Å². The number of para-hydroxylation sites is 1. The number of carbonyl (C=O) groups excluding carboxylic acids is 2. The average Bonchev–Trinajstić information content (AvgIpc) is 2.47. The van der Waals surface area contributed by atoms with Crippen molar-refractivity contribution >= 4 is 35.8 Å². The number of H-pyrrole nitrogens is 1. The van der Waals surface area contributed by atoms with Gasteiger partial charge in [-0.1, -0.05) is 18.2 Å². The van der Waals surface area contributed by atoms with Gasteiger partial charge in [0.25, 0.3) is 11.5 Å². The summed E-state index contributed by atoms with van der Waals surface area (Å²) in [6.07, 6.45) is 2.68. The number of Topliss-reactive ketones (excluding diaryl/α,β-unsaturated/α-hetero) is 1. The molecule has 2 N–H and O–H groups in total. The lowest BCUT2D eigenvalue weighted by molar-refractivity contribution is -0.118. The standard InChI is InChI=1S/C15H13N3O3S/c1-10(19)12(9-18-8-7-13(20)17-15(18)22)14(21)16-11-5-3-2-4-6-11/h2-9H,1H3,(H,16,21)(H,17,20,22). The number of ketones is 1. The van der Waals surface area contributed by atoms with E-state index in [-0.39, 0.29) is 15.9 Å². The topological polar surface area (TPSA) is 84.0 Å². The summed E-state index contributed by atoms with van der Waals surface area (Å²) in [6.45, 7) is 1.28. The van der Waals surface area contributed by atoms with E-state index < -0.39 is 11.7 Å². The molecule has 0 fully saturated rings. The third-order valence-corrected chi connectivity index (χ3v) is 3.09. The van der Waals surface area contributed by atoms with Crippen molar-refractivity contribution in [3.63, 3.8) is 0 Å². The molecule has 1 amide bonds. The molecule has 0 radical (unpaired) electrons. The van der Waals surface area contributed by atoms with Crippen LogP contribution in [0.15, 0.2) is 53.0 Å². The van der Waals surface area contributed by atoms with Crippen LogP contribution in [-0.2, 0) is 9.59 Å². The molecule has 0 atom stereocenters. The number of hydrogen-bond acceptors (Lipinski definition) is 4. The number of aromatic amines is 1. The summed E-state index contributed by atoms with van der Waals surface area (Å²) >= 11 is 4.98. The lowest BCUT2D eigenvalue weighted by Crippen LogP contribution is -2.20. The predicted octanol–water partition coefficient (Wildman–Crippen LogP) is 1.97. The molecule has 0 saturated carbocycles. The number of benzene rings is 1. The van der Waals surface area contributed by atoms with Crippen molar-refractivity contribution in [3.05, 3.63) is 63.3 Å². The molecule has 22 heavy (non-hydrogen) atoms. The molecule has 1 aromatic carbocycles. The summed E-state index contributed by atoms with van der Waals surface area (Å²) in [5.74, 6) is -0.965. The highest BCUT2D eigenvalue weighted by molar-refractivity contribution is 7.71. The lowest BCUT2D eigenvalue weighted by atomic mass is 10.2. The predicted molar refractivity (Wildman–Crippen MR) is 85.9 cm³/mol. The number of carbonyl (C=O) groups is 2. The van der Waals surface area contributed by atoms with E-state index in [0.717, 1.165) is 0 Å². The zero-order valence-electron chi connectivity index (χ0n) is 11.7. The fraction of sp³-hybridized carbons (Fsp3) is 0.0667. The molecular formula is C15H13N3O3S. The van der Waals surface area contributed by atoms with Crippen LogP contribution in [0.5, 0.6) is 0 Å². The molecular weight excluding hydrogens is 302 g/mol. The molecule has 0 unspecified atom stereocenters. The third kappa shape index (κ3) is 3.86. The van der Waals surface area contributed by atoms with Crippen molar-refractivity contribution in [2.75, 3.05) is 5.32 Å². The minimum atomic E-state index is -0.549. The van der Waals surface area contributed by atoms with Crippen LogP contribution in [0.3, 0.4) is 0 Å². The summed E-state index contributed by atoms with van der Waals surface area (Å²) in [5, 5.41) is 2.63. The first-order valence-corrected chi connectivity index (χ1v) is 6.79. The highest BCUT2D eigenvalue weighted by atomic mass is 32.1. The van der Waals surface area contributed by atoms with E-state index in [9.17, 15) is 14.4 Å². The normalized spacial score (nSPS) is 11.0. The molecule has 2 rings (SSSR count). The average molecular weight is 315 g/mol. The van der Waals surface area contributed by atoms with Gasteiger partial charge in [0.15, 0.2) is 10.6 Å². The summed E-state index contributed by atoms with van der Waals surface area (Å²) in [6, 6.07) is 10.0. The lowest BCUT2D eigenvalue weighted by Gasteiger charge is -2.07. The Bertz CT molecular complexity index is 850. The number of amides is 1. The van der Waals surface area contributed by atoms with E-state index in [1.807, 2.05) is 6.07 Å². The second-order valence-corrected chi connectivity index (χ2v) is 4.82. The summed E-state index contributed by atoms with van der Waals surface area (Å²) in [4.78, 5) is 37.5. The molecule has 0 aliphatic heterocycles. The monoisotopic (exact) mass is 315 g/mol. The fourth-order valence-corrected chi connectivity index (χ4v) is 1.91. The highest BCUT2D eigenvalue weighted by Crippen LogP contribution is 2.09. The third-order valence-electron chi connectivity index (χ3n) is 2.77. The largest absolute Gasteiger partial charge is 0.322 e. The Balaban J connectivity index is 2.35. The van der Waals surface area contributed by atoms with Gasteiger partial charge in [0.2, 0.25) is 0 Å². The van der Waals surface area contributed by atoms with Crippen LogP contribution >= 0.6 is 12.2 Å². The van der Waals surface area contributed by atoms with E-state index in [1.165, 1.54) is 30.0 Å². The van der Waals surface area contributed by atoms with Gasteiger partial charge in [0.05, 0.1) is 5.57 Å². The molecule has 6 nitrogen and oxygen atoms in total. The molecule has 7 heteroatoms. The van der Waals surface area contributed by atoms with Crippen LogP contribution in [0, 0.1) is 4.77 Å². The molecule has 0 aliphatic rings. The molecule has 0 bridgehead atoms. The first-order chi connectivity index (χ1) is 10.5. The van der Waals surface area contributed by atoms with Crippen molar-refractivity contribution in [2.24, 2.45) is 0 Å². The van der Waals surface area contributed by atoms with E-state index in [0.29, 0.717) is 5.69 Å². The van der Waals surface area contributed by atoms with E-state index in [4.69, 9.17) is 12.2 Å². The maximum Gasteiger partial charge on any atom is 0.260 e. The Morgan fingerprint density at radius 3 is 2.50 bits per heavy atom. The quantitative estimate of drug-likeness (QED) is 0.391. The van der Waals surface area contributed by atoms with Crippen LogP contribution < -0.4 is 10.9 Å². The van der Waals surface area contributed by atoms with Crippen LogP contribution in [0.4, 0.5) is 5.69 Å². The summed E-state index contributed by atoms with van der Waals surface area (Å²) in [5.41, 5.74) is 0.143. The van der Waals surface area contributed by atoms with E-state index in [2.05, 4.69) is 10.3 Å². The van der Waals surface area contributed by atoms with Crippen LogP contribution in [0.1, 0.15) is 6.92 Å². The second-order valence-electron chi connectivity index (χ2n) is 4.44. The summed E-state index contributed by atoms with van der Waals surface area (Å²) < 4.78 is 1.43. The fourth-order valence-electron chi connectivity index (χ4n) is 1.70. The zero-order chi connectivity index (χ0) is 16.1. The van der Waals surface area contributed by atoms with Crippen molar-refractivity contribution in [1.82, 2.24) is 9.55 Å². The van der Waals surface area contributed by atoms with Crippen LogP contribution in [0.25, 0.3) is 6.20 Å². The Hall–Kier alpha value is -2.80. The highest BCUT2D eigenvalue weighted by Gasteiger charge is 2.15. The molecule has 112 valence electrons. The minimum absolute atomic E-state index is 0.0768. The maximum absolute atomic E-state index is 12.2.